The van der Waals surface area contributed by atoms with Crippen molar-refractivity contribution in [1.29, 1.82) is 0 Å². The number of likely N-dealkylation sites (tertiary alicyclic amines) is 1. The molecule has 0 N–H and O–H groups in total. The summed E-state index contributed by atoms with van der Waals surface area (Å²) >= 11 is 1.44. The van der Waals surface area contributed by atoms with E-state index in [-0.39, 0.29) is 11.5 Å². The SMILES string of the molecule is Cc1cccc(COCC2CCOC23CN(C(=O)c2cscn2)C3)n1. The Morgan fingerprint density at radius 3 is 3.12 bits per heavy atom. The molecule has 0 radical (unpaired) electrons. The molecule has 2 aromatic rings. The molecule has 0 aromatic carbocycles. The molecule has 1 unspecified atom stereocenters. The van der Waals surface area contributed by atoms with Crippen molar-refractivity contribution >= 4 is 17.2 Å². The predicted octanol–water partition coefficient (Wildman–Crippen LogP) is 2.29. The number of rotatable bonds is 5. The molecular weight excluding hydrogens is 338 g/mol. The lowest BCUT2D eigenvalue weighted by atomic mass is 9.81. The van der Waals surface area contributed by atoms with E-state index in [1.807, 2.05) is 30.0 Å². The van der Waals surface area contributed by atoms with Crippen LogP contribution in [0, 0.1) is 12.8 Å². The van der Waals surface area contributed by atoms with Crippen LogP contribution in [0.1, 0.15) is 28.3 Å². The monoisotopic (exact) mass is 359 g/mol. The fraction of sp³-hybridized carbons (Fsp3) is 0.500. The molecule has 1 atom stereocenters. The van der Waals surface area contributed by atoms with E-state index in [2.05, 4.69) is 9.97 Å². The van der Waals surface area contributed by atoms with Gasteiger partial charge in [-0.3, -0.25) is 9.78 Å². The second-order valence-corrected chi connectivity index (χ2v) is 7.44. The maximum absolute atomic E-state index is 12.3. The summed E-state index contributed by atoms with van der Waals surface area (Å²) in [6.07, 6.45) is 0.972. The molecule has 0 bridgehead atoms. The van der Waals surface area contributed by atoms with E-state index in [1.54, 1.807) is 10.9 Å². The highest BCUT2D eigenvalue weighted by Gasteiger charge is 2.54. The van der Waals surface area contributed by atoms with Crippen molar-refractivity contribution in [3.8, 4) is 0 Å². The van der Waals surface area contributed by atoms with Gasteiger partial charge in [0.05, 0.1) is 37.5 Å². The van der Waals surface area contributed by atoms with Crippen LogP contribution in [0.4, 0.5) is 0 Å². The first-order chi connectivity index (χ1) is 12.2. The van der Waals surface area contributed by atoms with Gasteiger partial charge in [0.2, 0.25) is 0 Å². The zero-order valence-electron chi connectivity index (χ0n) is 14.2. The molecule has 2 aromatic heterocycles. The number of aromatic nitrogens is 2. The van der Waals surface area contributed by atoms with Gasteiger partial charge in [-0.25, -0.2) is 4.98 Å². The van der Waals surface area contributed by atoms with Crippen LogP contribution in [-0.2, 0) is 16.1 Å². The van der Waals surface area contributed by atoms with E-state index in [9.17, 15) is 4.79 Å². The maximum Gasteiger partial charge on any atom is 0.273 e. The minimum Gasteiger partial charge on any atom is -0.375 e. The van der Waals surface area contributed by atoms with Crippen molar-refractivity contribution in [3.05, 3.63) is 46.2 Å². The topological polar surface area (TPSA) is 64.6 Å². The number of amides is 1. The molecular formula is C18H21N3O3S. The minimum absolute atomic E-state index is 0.00833. The molecule has 6 nitrogen and oxygen atoms in total. The summed E-state index contributed by atoms with van der Waals surface area (Å²) in [5, 5.41) is 1.79. The summed E-state index contributed by atoms with van der Waals surface area (Å²) < 4.78 is 11.9. The largest absolute Gasteiger partial charge is 0.375 e. The summed E-state index contributed by atoms with van der Waals surface area (Å²) in [4.78, 5) is 22.7. The van der Waals surface area contributed by atoms with Gasteiger partial charge in [0, 0.05) is 23.6 Å². The summed E-state index contributed by atoms with van der Waals surface area (Å²) in [6, 6.07) is 5.95. The van der Waals surface area contributed by atoms with Crippen molar-refractivity contribution in [3.63, 3.8) is 0 Å². The zero-order valence-corrected chi connectivity index (χ0v) is 15.0. The number of hydrogen-bond donors (Lipinski definition) is 0. The Balaban J connectivity index is 1.30. The van der Waals surface area contributed by atoms with Crippen LogP contribution >= 0.6 is 11.3 Å². The van der Waals surface area contributed by atoms with E-state index in [4.69, 9.17) is 9.47 Å². The van der Waals surface area contributed by atoms with Gasteiger partial charge in [-0.2, -0.15) is 0 Å². The molecule has 7 heteroatoms. The fourth-order valence-electron chi connectivity index (χ4n) is 3.58. The van der Waals surface area contributed by atoms with Crippen LogP contribution in [0.25, 0.3) is 0 Å². The molecule has 1 amide bonds. The van der Waals surface area contributed by atoms with Gasteiger partial charge in [-0.05, 0) is 25.5 Å². The zero-order chi connectivity index (χ0) is 17.3. The molecule has 2 aliphatic rings. The van der Waals surface area contributed by atoms with Gasteiger partial charge in [0.1, 0.15) is 11.3 Å². The molecule has 0 saturated carbocycles. The molecule has 4 heterocycles. The van der Waals surface area contributed by atoms with Crippen molar-refractivity contribution in [2.45, 2.75) is 25.6 Å². The number of hydrogen-bond acceptors (Lipinski definition) is 6. The van der Waals surface area contributed by atoms with Gasteiger partial charge in [0.25, 0.3) is 5.91 Å². The molecule has 1 spiro atoms. The number of carbonyl (C=O) groups excluding carboxylic acids is 1. The molecule has 132 valence electrons. The summed E-state index contributed by atoms with van der Waals surface area (Å²) in [5.41, 5.74) is 3.91. The van der Waals surface area contributed by atoms with Gasteiger partial charge >= 0.3 is 0 Å². The van der Waals surface area contributed by atoms with E-state index >= 15 is 0 Å². The lowest BCUT2D eigenvalue weighted by molar-refractivity contribution is -0.129. The number of aryl methyl sites for hydroxylation is 1. The molecule has 0 aliphatic carbocycles. The van der Waals surface area contributed by atoms with Crippen molar-refractivity contribution in [2.24, 2.45) is 5.92 Å². The van der Waals surface area contributed by atoms with Crippen LogP contribution in [0.5, 0.6) is 0 Å². The molecule has 2 fully saturated rings. The molecule has 2 aliphatic heterocycles. The van der Waals surface area contributed by atoms with Crippen molar-refractivity contribution in [1.82, 2.24) is 14.9 Å². The number of pyridine rings is 1. The average Bonchev–Trinajstić information content (AvgIpc) is 3.23. The minimum atomic E-state index is -0.244. The predicted molar refractivity (Wildman–Crippen MR) is 93.4 cm³/mol. The van der Waals surface area contributed by atoms with E-state index in [1.165, 1.54) is 11.3 Å². The first kappa shape index (κ1) is 16.6. The Labute approximate surface area is 150 Å². The lowest BCUT2D eigenvalue weighted by Gasteiger charge is -2.49. The second kappa shape index (κ2) is 6.82. The van der Waals surface area contributed by atoms with Gasteiger partial charge < -0.3 is 14.4 Å². The standard InChI is InChI=1S/C18H21N3O3S/c1-13-3-2-4-15(20-13)8-23-7-14-5-6-24-18(14)10-21(11-18)17(22)16-9-25-12-19-16/h2-4,9,12,14H,5-8,10-11H2,1H3. The lowest BCUT2D eigenvalue weighted by Crippen LogP contribution is -2.66. The summed E-state index contributed by atoms with van der Waals surface area (Å²) in [6.45, 7) is 5.10. The first-order valence-corrected chi connectivity index (χ1v) is 9.42. The normalized spacial score (nSPS) is 21.5. The second-order valence-electron chi connectivity index (χ2n) is 6.72. The molecule has 4 rings (SSSR count). The van der Waals surface area contributed by atoms with E-state index in [0.29, 0.717) is 37.9 Å². The average molecular weight is 359 g/mol. The third-order valence-corrected chi connectivity index (χ3v) is 5.56. The van der Waals surface area contributed by atoms with E-state index in [0.717, 1.165) is 24.4 Å². The Hall–Kier alpha value is -1.83. The fourth-order valence-corrected chi connectivity index (χ4v) is 4.11. The molecule has 25 heavy (non-hydrogen) atoms. The summed E-state index contributed by atoms with van der Waals surface area (Å²) in [5.74, 6) is 0.308. The van der Waals surface area contributed by atoms with Crippen molar-refractivity contribution < 1.29 is 14.3 Å². The third kappa shape index (κ3) is 3.31. The Morgan fingerprint density at radius 2 is 2.36 bits per heavy atom. The number of nitrogens with zero attached hydrogens (tertiary/aromatic N) is 3. The van der Waals surface area contributed by atoms with Gasteiger partial charge in [0.15, 0.2) is 0 Å². The van der Waals surface area contributed by atoms with Crippen LogP contribution < -0.4 is 0 Å². The van der Waals surface area contributed by atoms with Crippen LogP contribution in [0.15, 0.2) is 29.1 Å². The number of thiazole rings is 1. The van der Waals surface area contributed by atoms with Gasteiger partial charge in [-0.1, -0.05) is 6.07 Å². The number of ether oxygens (including phenoxy) is 2. The highest BCUT2D eigenvalue weighted by molar-refractivity contribution is 7.07. The maximum atomic E-state index is 12.3. The highest BCUT2D eigenvalue weighted by atomic mass is 32.1. The Bertz CT molecular complexity index is 744. The highest BCUT2D eigenvalue weighted by Crippen LogP contribution is 2.40. The van der Waals surface area contributed by atoms with E-state index < -0.39 is 0 Å². The third-order valence-electron chi connectivity index (χ3n) is 4.97. The smallest absolute Gasteiger partial charge is 0.273 e. The number of carbonyl (C=O) groups is 1. The Morgan fingerprint density at radius 1 is 1.48 bits per heavy atom. The van der Waals surface area contributed by atoms with Crippen molar-refractivity contribution in [2.75, 3.05) is 26.3 Å². The summed E-state index contributed by atoms with van der Waals surface area (Å²) in [7, 11) is 0. The first-order valence-electron chi connectivity index (χ1n) is 8.48. The van der Waals surface area contributed by atoms with Gasteiger partial charge in [-0.15, -0.1) is 11.3 Å². The quantitative estimate of drug-likeness (QED) is 0.820. The van der Waals surface area contributed by atoms with Crippen LogP contribution in [-0.4, -0.2) is 52.7 Å². The van der Waals surface area contributed by atoms with Crippen LogP contribution in [0.3, 0.4) is 0 Å². The molecule has 2 saturated heterocycles. The van der Waals surface area contributed by atoms with Crippen LogP contribution in [0.2, 0.25) is 0 Å². The Kier molecular flexibility index (Phi) is 4.54.